The van der Waals surface area contributed by atoms with E-state index in [-0.39, 0.29) is 5.91 Å². The zero-order valence-electron chi connectivity index (χ0n) is 13.9. The highest BCUT2D eigenvalue weighted by Crippen LogP contribution is 2.31. The molecule has 1 aliphatic rings. The van der Waals surface area contributed by atoms with E-state index in [1.807, 2.05) is 18.2 Å². The Bertz CT molecular complexity index is 510. The molecule has 0 heterocycles. The minimum Gasteiger partial charge on any atom is -0.382 e. The first-order valence-corrected chi connectivity index (χ1v) is 7.97. The molecule has 116 valence electrons. The van der Waals surface area contributed by atoms with E-state index in [1.165, 1.54) is 24.8 Å². The molecule has 3 nitrogen and oxygen atoms in total. The SMILES string of the molecule is Cc1ccc(C(=O)N(C)C)cc1NC1CCC(C)CC1C. The van der Waals surface area contributed by atoms with Crippen molar-refractivity contribution in [2.75, 3.05) is 19.4 Å². The molecular formula is C18H28N2O. The Labute approximate surface area is 128 Å². The average molecular weight is 288 g/mol. The van der Waals surface area contributed by atoms with Gasteiger partial charge in [-0.3, -0.25) is 4.79 Å². The highest BCUT2D eigenvalue weighted by atomic mass is 16.2. The van der Waals surface area contributed by atoms with Crippen LogP contribution in [0.5, 0.6) is 0 Å². The third-order valence-corrected chi connectivity index (χ3v) is 4.66. The predicted molar refractivity (Wildman–Crippen MR) is 88.8 cm³/mol. The number of aryl methyl sites for hydroxylation is 1. The third kappa shape index (κ3) is 3.78. The number of benzene rings is 1. The second-order valence-electron chi connectivity index (χ2n) is 6.88. The van der Waals surface area contributed by atoms with Crippen molar-refractivity contribution in [1.82, 2.24) is 4.90 Å². The molecule has 1 amide bonds. The molecule has 2 rings (SSSR count). The van der Waals surface area contributed by atoms with Crippen LogP contribution >= 0.6 is 0 Å². The van der Waals surface area contributed by atoms with Gasteiger partial charge < -0.3 is 10.2 Å². The lowest BCUT2D eigenvalue weighted by atomic mass is 9.79. The van der Waals surface area contributed by atoms with Crippen LogP contribution < -0.4 is 5.32 Å². The first-order chi connectivity index (χ1) is 9.88. The van der Waals surface area contributed by atoms with Crippen molar-refractivity contribution in [1.29, 1.82) is 0 Å². The number of amides is 1. The van der Waals surface area contributed by atoms with E-state index in [4.69, 9.17) is 0 Å². The van der Waals surface area contributed by atoms with Crippen LogP contribution in [0.3, 0.4) is 0 Å². The molecule has 1 N–H and O–H groups in total. The number of rotatable bonds is 3. The molecule has 0 spiro atoms. The van der Waals surface area contributed by atoms with Gasteiger partial charge in [-0.15, -0.1) is 0 Å². The molecule has 1 fully saturated rings. The quantitative estimate of drug-likeness (QED) is 0.914. The van der Waals surface area contributed by atoms with E-state index in [1.54, 1.807) is 19.0 Å². The maximum Gasteiger partial charge on any atom is 0.253 e. The van der Waals surface area contributed by atoms with Gasteiger partial charge in [-0.25, -0.2) is 0 Å². The summed E-state index contributed by atoms with van der Waals surface area (Å²) in [5.41, 5.74) is 3.06. The monoisotopic (exact) mass is 288 g/mol. The third-order valence-electron chi connectivity index (χ3n) is 4.66. The highest BCUT2D eigenvalue weighted by molar-refractivity contribution is 5.95. The Kier molecular flexibility index (Phi) is 4.92. The summed E-state index contributed by atoms with van der Waals surface area (Å²) in [5, 5.41) is 3.68. The lowest BCUT2D eigenvalue weighted by molar-refractivity contribution is 0.0827. The van der Waals surface area contributed by atoms with Crippen LogP contribution in [0.15, 0.2) is 18.2 Å². The zero-order chi connectivity index (χ0) is 15.6. The Morgan fingerprint density at radius 3 is 2.57 bits per heavy atom. The van der Waals surface area contributed by atoms with Gasteiger partial charge >= 0.3 is 0 Å². The fourth-order valence-electron chi connectivity index (χ4n) is 3.25. The van der Waals surface area contributed by atoms with Crippen LogP contribution in [0.2, 0.25) is 0 Å². The summed E-state index contributed by atoms with van der Waals surface area (Å²) in [4.78, 5) is 13.7. The predicted octanol–water partition coefficient (Wildman–Crippen LogP) is 3.93. The molecule has 0 radical (unpaired) electrons. The fourth-order valence-corrected chi connectivity index (χ4v) is 3.25. The number of anilines is 1. The number of hydrogen-bond acceptors (Lipinski definition) is 2. The molecule has 1 saturated carbocycles. The average Bonchev–Trinajstić information content (AvgIpc) is 2.43. The van der Waals surface area contributed by atoms with Crippen molar-refractivity contribution >= 4 is 11.6 Å². The molecule has 1 aromatic carbocycles. The molecule has 0 bridgehead atoms. The molecule has 1 aromatic rings. The van der Waals surface area contributed by atoms with E-state index in [2.05, 4.69) is 26.1 Å². The minimum absolute atomic E-state index is 0.0587. The molecule has 21 heavy (non-hydrogen) atoms. The van der Waals surface area contributed by atoms with Gasteiger partial charge in [0.05, 0.1) is 0 Å². The summed E-state index contributed by atoms with van der Waals surface area (Å²) in [6.07, 6.45) is 3.79. The molecule has 1 aliphatic carbocycles. The van der Waals surface area contributed by atoms with Crippen LogP contribution in [0.1, 0.15) is 49.0 Å². The Balaban J connectivity index is 2.16. The first kappa shape index (κ1) is 15.9. The fraction of sp³-hybridized carbons (Fsp3) is 0.611. The van der Waals surface area contributed by atoms with Gasteiger partial charge in [0.2, 0.25) is 0 Å². The van der Waals surface area contributed by atoms with Crippen LogP contribution in [-0.2, 0) is 0 Å². The van der Waals surface area contributed by atoms with Crippen LogP contribution in [0, 0.1) is 18.8 Å². The van der Waals surface area contributed by atoms with Crippen LogP contribution in [0.25, 0.3) is 0 Å². The number of hydrogen-bond donors (Lipinski definition) is 1. The molecule has 0 aromatic heterocycles. The number of carbonyl (C=O) groups is 1. The van der Waals surface area contributed by atoms with Gasteiger partial charge in [0.15, 0.2) is 0 Å². The molecule has 3 atom stereocenters. The Hall–Kier alpha value is -1.51. The van der Waals surface area contributed by atoms with Crippen molar-refractivity contribution in [2.45, 2.75) is 46.1 Å². The van der Waals surface area contributed by atoms with Crippen LogP contribution in [-0.4, -0.2) is 30.9 Å². The summed E-state index contributed by atoms with van der Waals surface area (Å²) in [6.45, 7) is 6.77. The van der Waals surface area contributed by atoms with Gasteiger partial charge in [0.25, 0.3) is 5.91 Å². The normalized spacial score (nSPS) is 25.5. The van der Waals surface area contributed by atoms with E-state index in [0.717, 1.165) is 17.2 Å². The summed E-state index contributed by atoms with van der Waals surface area (Å²) in [6, 6.07) is 6.47. The largest absolute Gasteiger partial charge is 0.382 e. The second-order valence-corrected chi connectivity index (χ2v) is 6.88. The minimum atomic E-state index is 0.0587. The van der Waals surface area contributed by atoms with Gasteiger partial charge in [-0.1, -0.05) is 19.9 Å². The molecule has 0 saturated heterocycles. The van der Waals surface area contributed by atoms with Gasteiger partial charge in [-0.05, 0) is 55.7 Å². The van der Waals surface area contributed by atoms with Gasteiger partial charge in [0.1, 0.15) is 0 Å². The van der Waals surface area contributed by atoms with Gasteiger partial charge in [0, 0.05) is 31.4 Å². The number of carbonyl (C=O) groups excluding carboxylic acids is 1. The highest BCUT2D eigenvalue weighted by Gasteiger charge is 2.25. The molecule has 3 heteroatoms. The van der Waals surface area contributed by atoms with Crippen molar-refractivity contribution in [3.8, 4) is 0 Å². The molecule has 3 unspecified atom stereocenters. The smallest absolute Gasteiger partial charge is 0.253 e. The number of nitrogens with zero attached hydrogens (tertiary/aromatic N) is 1. The zero-order valence-corrected chi connectivity index (χ0v) is 13.9. The summed E-state index contributed by atoms with van der Waals surface area (Å²) in [5.74, 6) is 1.57. The van der Waals surface area contributed by atoms with E-state index >= 15 is 0 Å². The lowest BCUT2D eigenvalue weighted by Crippen LogP contribution is -2.33. The van der Waals surface area contributed by atoms with E-state index in [9.17, 15) is 4.79 Å². The maximum atomic E-state index is 12.1. The van der Waals surface area contributed by atoms with Gasteiger partial charge in [-0.2, -0.15) is 0 Å². The number of nitrogens with one attached hydrogen (secondary N) is 1. The van der Waals surface area contributed by atoms with Crippen molar-refractivity contribution in [3.05, 3.63) is 29.3 Å². The van der Waals surface area contributed by atoms with Crippen molar-refractivity contribution in [3.63, 3.8) is 0 Å². The molecule has 0 aliphatic heterocycles. The summed E-state index contributed by atoms with van der Waals surface area (Å²) < 4.78 is 0. The first-order valence-electron chi connectivity index (χ1n) is 7.97. The van der Waals surface area contributed by atoms with Crippen molar-refractivity contribution in [2.24, 2.45) is 11.8 Å². The lowest BCUT2D eigenvalue weighted by Gasteiger charge is -2.34. The van der Waals surface area contributed by atoms with Crippen molar-refractivity contribution < 1.29 is 4.79 Å². The maximum absolute atomic E-state index is 12.1. The van der Waals surface area contributed by atoms with E-state index < -0.39 is 0 Å². The molecular weight excluding hydrogens is 260 g/mol. The second kappa shape index (κ2) is 6.50. The summed E-state index contributed by atoms with van der Waals surface area (Å²) in [7, 11) is 3.58. The van der Waals surface area contributed by atoms with Crippen LogP contribution in [0.4, 0.5) is 5.69 Å². The van der Waals surface area contributed by atoms with E-state index in [0.29, 0.717) is 12.0 Å². The Morgan fingerprint density at radius 1 is 1.24 bits per heavy atom. The Morgan fingerprint density at radius 2 is 1.95 bits per heavy atom. The summed E-state index contributed by atoms with van der Waals surface area (Å²) >= 11 is 0. The standard InChI is InChI=1S/C18H28N2O/c1-12-6-9-16(14(3)10-12)19-17-11-15(8-7-13(17)2)18(21)20(4)5/h7-8,11-12,14,16,19H,6,9-10H2,1-5H3. The topological polar surface area (TPSA) is 32.3 Å².